The van der Waals surface area contributed by atoms with Crippen molar-refractivity contribution in [1.82, 2.24) is 9.80 Å². The summed E-state index contributed by atoms with van der Waals surface area (Å²) in [5.41, 5.74) is 10.6. The van der Waals surface area contributed by atoms with Crippen LogP contribution in [0.15, 0.2) is 54.6 Å². The number of nitrogens with one attached hydrogen (secondary N) is 1. The van der Waals surface area contributed by atoms with Crippen molar-refractivity contribution < 1.29 is 29.0 Å². The molecule has 2 heterocycles. The lowest BCUT2D eigenvalue weighted by Crippen LogP contribution is -2.55. The first-order valence-corrected chi connectivity index (χ1v) is 12.8. The number of carbonyl (C=O) groups excluding carboxylic acids is 3. The number of carbonyl (C=O) groups is 4. The van der Waals surface area contributed by atoms with Gasteiger partial charge in [-0.3, -0.25) is 29.6 Å². The molecule has 0 saturated carbocycles. The van der Waals surface area contributed by atoms with Crippen LogP contribution in [-0.4, -0.2) is 57.2 Å². The Bertz CT molecular complexity index is 1280. The molecule has 2 aromatic carbocycles. The number of amidine groups is 1. The van der Waals surface area contributed by atoms with Gasteiger partial charge in [-0.25, -0.2) is 4.79 Å². The molecule has 0 spiro atoms. The monoisotopic (exact) mass is 535 g/mol. The summed E-state index contributed by atoms with van der Waals surface area (Å²) in [4.78, 5) is 55.0. The molecule has 4 atom stereocenters. The Labute approximate surface area is 226 Å². The average molecular weight is 536 g/mol. The van der Waals surface area contributed by atoms with Gasteiger partial charge in [0.2, 0.25) is 23.4 Å². The Kier molecular flexibility index (Phi) is 7.73. The number of rotatable bonds is 10. The number of hydrogen-bond acceptors (Lipinski definition) is 7. The van der Waals surface area contributed by atoms with E-state index in [1.165, 1.54) is 17.0 Å². The first-order chi connectivity index (χ1) is 18.5. The summed E-state index contributed by atoms with van der Waals surface area (Å²) < 4.78 is 5.68. The smallest absolute Gasteiger partial charge is 0.450 e. The minimum absolute atomic E-state index is 0.0271. The third-order valence-corrected chi connectivity index (χ3v) is 7.45. The van der Waals surface area contributed by atoms with Crippen LogP contribution in [0.3, 0.4) is 0 Å². The van der Waals surface area contributed by atoms with Crippen molar-refractivity contribution in [3.63, 3.8) is 0 Å². The number of nitrogens with two attached hydrogens (primary N) is 2. The number of amides is 3. The van der Waals surface area contributed by atoms with E-state index in [9.17, 15) is 24.3 Å². The molecule has 206 valence electrons. The molecular formula is C28H33N5O6. The number of hydrogen-bond donors (Lipinski definition) is 4. The number of carboxylic acid groups (broad SMARTS) is 1. The maximum absolute atomic E-state index is 14.1. The van der Waals surface area contributed by atoms with E-state index in [4.69, 9.17) is 21.6 Å². The van der Waals surface area contributed by atoms with E-state index in [2.05, 4.69) is 0 Å². The molecule has 2 aliphatic rings. The van der Waals surface area contributed by atoms with Crippen LogP contribution in [0.5, 0.6) is 0 Å². The van der Waals surface area contributed by atoms with Crippen molar-refractivity contribution >= 4 is 29.7 Å². The van der Waals surface area contributed by atoms with Crippen LogP contribution < -0.4 is 11.5 Å². The van der Waals surface area contributed by atoms with Gasteiger partial charge >= 0.3 is 6.16 Å². The standard InChI is InChI=1S/C28H33N5O6/c1-16(2)14-20-22-23(26(36)32(25(22)35)15-17-6-4-3-5-7-17)28(39-27(37)38,33(20)13-12-21(29)34)19-10-8-18(9-11-19)24(30)31/h3-11,16,20,22-23H,12-15H2,1-2H3,(H2,29,34)(H3,30,31)(H,37,38). The normalized spacial score (nSPS) is 24.7. The van der Waals surface area contributed by atoms with Gasteiger partial charge in [0.25, 0.3) is 0 Å². The van der Waals surface area contributed by atoms with Crippen molar-refractivity contribution in [1.29, 1.82) is 5.41 Å². The minimum Gasteiger partial charge on any atom is -0.450 e. The second-order valence-electron chi connectivity index (χ2n) is 10.4. The molecule has 2 aromatic rings. The summed E-state index contributed by atoms with van der Waals surface area (Å²) in [6.45, 7) is 3.93. The molecule has 11 heteroatoms. The van der Waals surface area contributed by atoms with Crippen molar-refractivity contribution in [2.24, 2.45) is 29.2 Å². The van der Waals surface area contributed by atoms with Crippen LogP contribution in [0.25, 0.3) is 0 Å². The molecule has 0 bridgehead atoms. The van der Waals surface area contributed by atoms with Gasteiger partial charge in [-0.05, 0) is 17.9 Å². The molecule has 11 nitrogen and oxygen atoms in total. The number of likely N-dealkylation sites (tertiary alicyclic amines) is 2. The highest BCUT2D eigenvalue weighted by molar-refractivity contribution is 6.07. The Morgan fingerprint density at radius 1 is 1.05 bits per heavy atom. The Balaban J connectivity index is 1.92. The molecule has 0 aliphatic carbocycles. The molecule has 6 N–H and O–H groups in total. The Morgan fingerprint density at radius 2 is 1.69 bits per heavy atom. The van der Waals surface area contributed by atoms with Crippen LogP contribution in [0.4, 0.5) is 4.79 Å². The summed E-state index contributed by atoms with van der Waals surface area (Å²) in [6.07, 6.45) is -1.34. The number of imide groups is 1. The second kappa shape index (κ2) is 10.9. The molecule has 0 aromatic heterocycles. The zero-order valence-electron chi connectivity index (χ0n) is 21.9. The van der Waals surface area contributed by atoms with Gasteiger partial charge in [-0.2, -0.15) is 0 Å². The summed E-state index contributed by atoms with van der Waals surface area (Å²) in [5.74, 6) is -3.83. The lowest BCUT2D eigenvalue weighted by molar-refractivity contribution is -0.166. The topological polar surface area (TPSA) is 180 Å². The van der Waals surface area contributed by atoms with Crippen LogP contribution in [0, 0.1) is 23.2 Å². The highest BCUT2D eigenvalue weighted by Crippen LogP contribution is 2.56. The van der Waals surface area contributed by atoms with Crippen molar-refractivity contribution in [3.8, 4) is 0 Å². The molecule has 2 aliphatic heterocycles. The van der Waals surface area contributed by atoms with E-state index in [0.717, 1.165) is 5.56 Å². The highest BCUT2D eigenvalue weighted by atomic mass is 16.7. The van der Waals surface area contributed by atoms with E-state index in [1.807, 2.05) is 32.0 Å². The minimum atomic E-state index is -1.92. The molecule has 2 fully saturated rings. The quantitative estimate of drug-likeness (QED) is 0.155. The van der Waals surface area contributed by atoms with Gasteiger partial charge in [0.1, 0.15) is 11.8 Å². The third-order valence-electron chi connectivity index (χ3n) is 7.45. The zero-order chi connectivity index (χ0) is 28.5. The van der Waals surface area contributed by atoms with E-state index in [-0.39, 0.29) is 31.3 Å². The lowest BCUT2D eigenvalue weighted by Gasteiger charge is -2.42. The van der Waals surface area contributed by atoms with Gasteiger partial charge in [0, 0.05) is 30.1 Å². The molecule has 4 unspecified atom stereocenters. The number of nitrogens with zero attached hydrogens (tertiary/aromatic N) is 2. The molecule has 39 heavy (non-hydrogen) atoms. The first kappa shape index (κ1) is 27.8. The fourth-order valence-electron chi connectivity index (χ4n) is 5.96. The average Bonchev–Trinajstić information content (AvgIpc) is 3.28. The molecule has 2 saturated heterocycles. The van der Waals surface area contributed by atoms with Crippen LogP contribution in [0.2, 0.25) is 0 Å². The van der Waals surface area contributed by atoms with Crippen LogP contribution in [-0.2, 0) is 31.4 Å². The Hall–Kier alpha value is -4.25. The Morgan fingerprint density at radius 3 is 2.23 bits per heavy atom. The van der Waals surface area contributed by atoms with E-state index in [0.29, 0.717) is 17.5 Å². The zero-order valence-corrected chi connectivity index (χ0v) is 21.9. The van der Waals surface area contributed by atoms with E-state index in [1.54, 1.807) is 29.2 Å². The predicted molar refractivity (Wildman–Crippen MR) is 141 cm³/mol. The van der Waals surface area contributed by atoms with Gasteiger partial charge < -0.3 is 21.3 Å². The van der Waals surface area contributed by atoms with Gasteiger partial charge in [0.05, 0.1) is 12.5 Å². The lowest BCUT2D eigenvalue weighted by atomic mass is 9.82. The molecular weight excluding hydrogens is 502 g/mol. The SMILES string of the molecule is CC(C)CC1C2C(=O)N(Cc3ccccc3)C(=O)C2C(OC(=O)O)(c2ccc(C(=N)N)cc2)N1CCC(N)=O. The van der Waals surface area contributed by atoms with Crippen molar-refractivity contribution in [2.45, 2.75) is 45.0 Å². The van der Waals surface area contributed by atoms with Crippen LogP contribution in [0.1, 0.15) is 43.4 Å². The predicted octanol–water partition coefficient (Wildman–Crippen LogP) is 2.23. The van der Waals surface area contributed by atoms with E-state index >= 15 is 0 Å². The molecule has 0 radical (unpaired) electrons. The fraction of sp³-hybridized carbons (Fsp3) is 0.393. The first-order valence-electron chi connectivity index (χ1n) is 12.8. The summed E-state index contributed by atoms with van der Waals surface area (Å²) in [7, 11) is 0. The molecule has 4 rings (SSSR count). The summed E-state index contributed by atoms with van der Waals surface area (Å²) in [6, 6.07) is 14.6. The largest absolute Gasteiger partial charge is 0.507 e. The maximum Gasteiger partial charge on any atom is 0.507 e. The summed E-state index contributed by atoms with van der Waals surface area (Å²) >= 11 is 0. The highest BCUT2D eigenvalue weighted by Gasteiger charge is 2.71. The third kappa shape index (κ3) is 5.09. The van der Waals surface area contributed by atoms with Gasteiger partial charge in [-0.1, -0.05) is 68.4 Å². The fourth-order valence-corrected chi connectivity index (χ4v) is 5.96. The van der Waals surface area contributed by atoms with Crippen molar-refractivity contribution in [2.75, 3.05) is 6.54 Å². The van der Waals surface area contributed by atoms with Gasteiger partial charge in [0.15, 0.2) is 0 Å². The van der Waals surface area contributed by atoms with Gasteiger partial charge in [-0.15, -0.1) is 0 Å². The maximum atomic E-state index is 14.1. The van der Waals surface area contributed by atoms with E-state index < -0.39 is 47.5 Å². The molecule has 3 amide bonds. The summed E-state index contributed by atoms with van der Waals surface area (Å²) in [5, 5.41) is 17.7. The number of primary amides is 1. The number of ether oxygens (including phenoxy) is 1. The number of benzene rings is 2. The second-order valence-corrected chi connectivity index (χ2v) is 10.4. The number of nitrogen functional groups attached to an aromatic ring is 1. The van der Waals surface area contributed by atoms with Crippen LogP contribution >= 0.6 is 0 Å². The number of fused-ring (bicyclic) bond motifs is 1. The van der Waals surface area contributed by atoms with Crippen molar-refractivity contribution in [3.05, 3.63) is 71.3 Å².